The third-order valence-electron chi connectivity index (χ3n) is 22.8. The van der Waals surface area contributed by atoms with E-state index in [1.165, 1.54) is 40.7 Å². The fraction of sp³-hybridized carbons (Fsp3) is 0.602. The molecule has 4 fully saturated rings. The van der Waals surface area contributed by atoms with Crippen LogP contribution in [-0.4, -0.2) is 235 Å². The number of ether oxygens (including phenoxy) is 9. The standard InChI is InChI=1S/C26H37ClN2O7.C23H33ClN2O5.C21H29ClN2O5.C15H17Cl2NO3.C11H21NO4.C2HF3O2.ClH/c1-17(2)15-20(28-23(32)36-25(3,4)5)22(31)34-16-35-24(33)29(6)26(14-10-9-13-21(26)30)18-11-7-8-12-19(18)27;1-16(2)14-19(25(3)4)21(28)30-15-31-22(29)26(5)23(13-9-8-12-20(23)27)17-10-6-7-11-18(17)24;1-14(2)12-17(23)19(26)28-13-29-20(27)24(3)21(11-7-6-10-18(21)25)15-8-4-5-9-16(15)22;1-18(14(20)21-10-16)15(9-5-4-8-13(15)19)11-6-2-3-7-12(11)17;1-7(2)6-8(9(13)14)12-10(15)16-11(3,4)5;3-2(4,5)1(6)7;/h7-8,11-12,17,20H,9-10,13-16H2,1-6H3,(H,28,32);6-7,10-11,16,19H,8-9,12-15H2,1-5H3;4-5,8-9,14,17H,6-7,10-13,23H2,1-3H3;2-3,6-7H,4-5,8-10H2,1H3;7-8H,6H2,1-5H3,(H,12,15)(H,13,14);(H,6,7);1H/t20-,26-;19-,23-;17-,21-;15-;8-;;/m00000../s1. The van der Waals surface area contributed by atoms with Crippen molar-refractivity contribution in [2.45, 2.75) is 289 Å². The molecule has 0 saturated heterocycles. The number of aliphatic carboxylic acids is 2. The lowest BCUT2D eigenvalue weighted by Gasteiger charge is -2.43. The number of esters is 3. The maximum atomic E-state index is 13.1. The normalized spacial score (nSPS) is 18.7. The molecule has 8 atom stereocenters. The zero-order valence-corrected chi connectivity index (χ0v) is 88.4. The van der Waals surface area contributed by atoms with Gasteiger partial charge in [-0.2, -0.15) is 13.2 Å². The van der Waals surface area contributed by atoms with Gasteiger partial charge in [0.15, 0.2) is 29.2 Å². The summed E-state index contributed by atoms with van der Waals surface area (Å²) in [5.41, 5.74) is 2.01. The van der Waals surface area contributed by atoms with Crippen LogP contribution in [0.2, 0.25) is 20.1 Å². The second kappa shape index (κ2) is 59.3. The predicted octanol–water partition coefficient (Wildman–Crippen LogP) is 20.0. The number of benzene rings is 4. The van der Waals surface area contributed by atoms with Gasteiger partial charge < -0.3 is 69.2 Å². The molecular weight excluding hydrogens is 1970 g/mol. The third-order valence-corrected chi connectivity index (χ3v) is 24.3. The van der Waals surface area contributed by atoms with Crippen molar-refractivity contribution in [3.05, 3.63) is 139 Å². The minimum atomic E-state index is -5.08. The third kappa shape index (κ3) is 38.6. The zero-order valence-electron chi connectivity index (χ0n) is 83.8. The second-order valence-electron chi connectivity index (χ2n) is 37.8. The highest BCUT2D eigenvalue weighted by atomic mass is 35.5. The van der Waals surface area contributed by atoms with E-state index in [0.717, 1.165) is 51.4 Å². The van der Waals surface area contributed by atoms with Crippen molar-refractivity contribution in [2.75, 3.05) is 68.7 Å². The van der Waals surface area contributed by atoms with Crippen molar-refractivity contribution in [1.29, 1.82) is 0 Å². The van der Waals surface area contributed by atoms with Crippen molar-refractivity contribution >= 4 is 160 Å². The quantitative estimate of drug-likeness (QED) is 0.0140. The van der Waals surface area contributed by atoms with Gasteiger partial charge in [-0.3, -0.25) is 53.3 Å². The van der Waals surface area contributed by atoms with Crippen LogP contribution < -0.4 is 16.4 Å². The molecule has 0 aliphatic heterocycles. The van der Waals surface area contributed by atoms with Gasteiger partial charge in [-0.1, -0.05) is 186 Å². The van der Waals surface area contributed by atoms with E-state index in [0.29, 0.717) is 125 Å². The predicted molar refractivity (Wildman–Crippen MR) is 525 cm³/mol. The Morgan fingerprint density at radius 3 is 0.894 bits per heavy atom. The summed E-state index contributed by atoms with van der Waals surface area (Å²) in [7, 11) is 9.66. The topological polar surface area (TPSA) is 446 Å². The Morgan fingerprint density at radius 2 is 0.652 bits per heavy atom. The van der Waals surface area contributed by atoms with E-state index in [4.69, 9.17) is 121 Å². The minimum absolute atomic E-state index is 0. The molecule has 0 heterocycles. The number of carbonyl (C=O) groups excluding carboxylic acids is 13. The molecule has 0 spiro atoms. The van der Waals surface area contributed by atoms with Crippen LogP contribution >= 0.6 is 70.4 Å². The first-order valence-corrected chi connectivity index (χ1v) is 48.0. The Hall–Kier alpha value is -10.0. The summed E-state index contributed by atoms with van der Waals surface area (Å²) in [5.74, 6) is -5.16. The number of ketones is 4. The average molecular weight is 2110 g/mol. The maximum Gasteiger partial charge on any atom is 0.490 e. The molecule has 141 heavy (non-hydrogen) atoms. The van der Waals surface area contributed by atoms with Crippen LogP contribution in [0.25, 0.3) is 0 Å². The number of alkyl halides is 4. The fourth-order valence-electron chi connectivity index (χ4n) is 16.1. The molecule has 4 aromatic rings. The highest BCUT2D eigenvalue weighted by Crippen LogP contribution is 2.47. The Kier molecular flexibility index (Phi) is 53.4. The first-order valence-electron chi connectivity index (χ1n) is 45.9. The van der Waals surface area contributed by atoms with E-state index < -0.39 is 150 Å². The largest absolute Gasteiger partial charge is 0.490 e. The molecule has 0 aromatic heterocycles. The number of carboxylic acids is 2. The average Bonchev–Trinajstić information content (AvgIpc) is 0.766. The van der Waals surface area contributed by atoms with Crippen molar-refractivity contribution in [3.63, 3.8) is 0 Å². The van der Waals surface area contributed by atoms with E-state index in [1.54, 1.807) is 159 Å². The summed E-state index contributed by atoms with van der Waals surface area (Å²) >= 11 is 30.9. The van der Waals surface area contributed by atoms with Crippen LogP contribution in [0.3, 0.4) is 0 Å². The number of rotatable bonds is 30. The second-order valence-corrected chi connectivity index (χ2v) is 39.6. The van der Waals surface area contributed by atoms with Gasteiger partial charge in [0.05, 0.1) is 0 Å². The molecule has 4 aliphatic carbocycles. The number of likely N-dealkylation sites (N-methyl/N-ethyl adjacent to an activating group) is 5. The summed E-state index contributed by atoms with van der Waals surface area (Å²) in [6.07, 6.45) is 1.77. The highest BCUT2D eigenvalue weighted by Gasteiger charge is 2.53. The van der Waals surface area contributed by atoms with Crippen molar-refractivity contribution in [2.24, 2.45) is 29.4 Å². The summed E-state index contributed by atoms with van der Waals surface area (Å²) in [6.45, 7) is 24.1. The maximum absolute atomic E-state index is 13.1. The number of carbonyl (C=O) groups is 15. The molecule has 43 heteroatoms. The monoisotopic (exact) mass is 2110 g/mol. The van der Waals surface area contributed by atoms with Crippen molar-refractivity contribution in [3.8, 4) is 0 Å². The van der Waals surface area contributed by atoms with Gasteiger partial charge in [-0.25, -0.2) is 43.2 Å². The lowest BCUT2D eigenvalue weighted by Crippen LogP contribution is -2.54. The smallest absolute Gasteiger partial charge is 0.480 e. The first-order chi connectivity index (χ1) is 65.2. The Bertz CT molecular complexity index is 4830. The van der Waals surface area contributed by atoms with Crippen molar-refractivity contribution < 1.29 is 138 Å². The number of nitrogens with one attached hydrogen (secondary N) is 2. The molecule has 0 bridgehead atoms. The number of carboxylic acid groups (broad SMARTS) is 2. The number of nitrogens with two attached hydrogens (primary N) is 1. The van der Waals surface area contributed by atoms with Gasteiger partial charge in [0.25, 0.3) is 0 Å². The molecular formula is C98H139Cl6F3N8O26. The molecule has 0 unspecified atom stereocenters. The number of alkyl carbamates (subject to hydrolysis) is 2. The zero-order chi connectivity index (χ0) is 106. The van der Waals surface area contributed by atoms with E-state index in [1.807, 2.05) is 61.5 Å². The number of nitrogens with zero attached hydrogens (tertiary/aromatic N) is 5. The fourth-order valence-corrected chi connectivity index (χ4v) is 17.4. The SMILES string of the molecule is CC(C)C[C@@H](C(=O)OCOC(=O)N(C)[C@]1(c2ccccc2Cl)CCCCC1=O)N(C)C.CC(C)C[C@H](N)C(=O)OCOC(=O)N(C)[C@]1(c2ccccc2Cl)CCCCC1=O.CC(C)C[C@H](NC(=O)OC(C)(C)C)C(=O)O.CC(C)C[C@H](NC(=O)OC(C)(C)C)C(=O)OCOC(=O)N(C)[C@]1(c2ccccc2Cl)CCCCC1=O.CN(C(=O)OCCl)[C@]1(c2ccccc2Cl)CCCCC1=O.Cl.O=C(O)C(F)(F)F. The van der Waals surface area contributed by atoms with Gasteiger partial charge in [-0.15, -0.1) is 12.4 Å². The summed E-state index contributed by atoms with van der Waals surface area (Å²) in [5, 5.41) is 22.6. The number of hydrogen-bond donors (Lipinski definition) is 5. The highest BCUT2D eigenvalue weighted by molar-refractivity contribution is 6.33. The van der Waals surface area contributed by atoms with Crippen LogP contribution in [0.15, 0.2) is 97.1 Å². The summed E-state index contributed by atoms with van der Waals surface area (Å²) in [4.78, 5) is 190. The van der Waals surface area contributed by atoms with E-state index in [2.05, 4.69) is 10.6 Å². The van der Waals surface area contributed by atoms with Gasteiger partial charge in [0, 0.05) is 96.2 Å². The van der Waals surface area contributed by atoms with Crippen molar-refractivity contribution in [1.82, 2.24) is 35.1 Å². The van der Waals surface area contributed by atoms with Gasteiger partial charge in [0.1, 0.15) is 57.5 Å². The van der Waals surface area contributed by atoms with E-state index in [-0.39, 0.29) is 59.4 Å². The number of amides is 6. The summed E-state index contributed by atoms with van der Waals surface area (Å²) < 4.78 is 77.6. The Labute approximate surface area is 854 Å². The van der Waals surface area contributed by atoms with E-state index in [9.17, 15) is 80.3 Å². The first kappa shape index (κ1) is 127. The molecule has 790 valence electrons. The molecule has 6 amide bonds. The van der Waals surface area contributed by atoms with Crippen LogP contribution in [0.4, 0.5) is 41.9 Å². The number of Topliss-reactive ketones (excluding diaryl/α,β-unsaturated/α-hetero) is 4. The minimum Gasteiger partial charge on any atom is -0.480 e. The van der Waals surface area contributed by atoms with Gasteiger partial charge in [-0.05, 0) is 206 Å². The van der Waals surface area contributed by atoms with Crippen LogP contribution in [0, 0.1) is 23.7 Å². The molecule has 6 N–H and O–H groups in total. The van der Waals surface area contributed by atoms with Gasteiger partial charge in [0.2, 0.25) is 20.4 Å². The Morgan fingerprint density at radius 1 is 0.397 bits per heavy atom. The molecule has 34 nitrogen and oxygen atoms in total. The summed E-state index contributed by atoms with van der Waals surface area (Å²) in [6, 6.07) is 24.7. The van der Waals surface area contributed by atoms with Gasteiger partial charge >= 0.3 is 72.6 Å². The molecule has 4 aromatic carbocycles. The van der Waals surface area contributed by atoms with E-state index >= 15 is 0 Å². The lowest BCUT2D eigenvalue weighted by atomic mass is 9.74. The van der Waals surface area contributed by atoms with Crippen LogP contribution in [0.5, 0.6) is 0 Å². The van der Waals surface area contributed by atoms with Crippen LogP contribution in [-0.2, 0) is 108 Å². The number of halogens is 9. The molecule has 8 rings (SSSR count). The van der Waals surface area contributed by atoms with Crippen LogP contribution in [0.1, 0.15) is 248 Å². The Balaban J connectivity index is 0.000000596. The number of hydrogen-bond acceptors (Lipinski definition) is 26. The molecule has 4 saturated carbocycles. The molecule has 0 radical (unpaired) electrons. The molecule has 4 aliphatic rings. The lowest BCUT2D eigenvalue weighted by molar-refractivity contribution is -0.192.